The zero-order valence-corrected chi connectivity index (χ0v) is 13.4. The summed E-state index contributed by atoms with van der Waals surface area (Å²) < 4.78 is 0. The maximum atomic E-state index is 12.4. The predicted octanol–water partition coefficient (Wildman–Crippen LogP) is 3.38. The predicted molar refractivity (Wildman–Crippen MR) is 88.6 cm³/mol. The second-order valence-electron chi connectivity index (χ2n) is 5.10. The first-order chi connectivity index (χ1) is 10.1. The molecule has 1 aromatic heterocycles. The van der Waals surface area contributed by atoms with Gasteiger partial charge in [0, 0.05) is 18.0 Å². The van der Waals surface area contributed by atoms with E-state index < -0.39 is 11.9 Å². The number of carboxylic acids is 1. The topological polar surface area (TPSA) is 57.6 Å². The van der Waals surface area contributed by atoms with Crippen molar-refractivity contribution in [1.82, 2.24) is 4.90 Å². The Bertz CT molecular complexity index is 671. The van der Waals surface area contributed by atoms with Crippen molar-refractivity contribution in [2.75, 3.05) is 13.1 Å². The van der Waals surface area contributed by atoms with Crippen LogP contribution in [-0.4, -0.2) is 35.0 Å². The number of nitrogens with zero attached hydrogens (tertiary/aromatic N) is 1. The minimum absolute atomic E-state index is 0. The number of hydrogen-bond acceptors (Lipinski definition) is 3. The first-order valence-electron chi connectivity index (χ1n) is 6.82. The molecule has 0 aliphatic carbocycles. The number of aliphatic carboxylic acids is 1. The number of benzene rings is 1. The summed E-state index contributed by atoms with van der Waals surface area (Å²) in [5, 5.41) is 9.00. The van der Waals surface area contributed by atoms with Gasteiger partial charge in [0.05, 0.1) is 10.8 Å². The van der Waals surface area contributed by atoms with E-state index in [0.29, 0.717) is 24.4 Å². The van der Waals surface area contributed by atoms with E-state index in [1.807, 2.05) is 42.5 Å². The molecule has 1 amide bonds. The molecule has 1 atom stereocenters. The minimum atomic E-state index is -0.818. The van der Waals surface area contributed by atoms with Crippen molar-refractivity contribution in [3.63, 3.8) is 0 Å². The fourth-order valence-corrected chi connectivity index (χ4v) is 3.49. The molecule has 1 unspecified atom stereocenters. The van der Waals surface area contributed by atoms with Crippen LogP contribution in [0.15, 0.2) is 42.5 Å². The van der Waals surface area contributed by atoms with E-state index in [1.165, 1.54) is 11.3 Å². The molecule has 3 rings (SSSR count). The Morgan fingerprint density at radius 2 is 1.86 bits per heavy atom. The average Bonchev–Trinajstić information content (AvgIpc) is 3.17. The summed E-state index contributed by atoms with van der Waals surface area (Å²) in [6.45, 7) is 0.834. The maximum Gasteiger partial charge on any atom is 0.308 e. The van der Waals surface area contributed by atoms with Gasteiger partial charge in [-0.15, -0.1) is 23.7 Å². The molecule has 1 saturated heterocycles. The molecule has 1 fully saturated rings. The smallest absolute Gasteiger partial charge is 0.308 e. The van der Waals surface area contributed by atoms with E-state index in [9.17, 15) is 9.59 Å². The quantitative estimate of drug-likeness (QED) is 0.934. The van der Waals surface area contributed by atoms with Crippen molar-refractivity contribution < 1.29 is 14.7 Å². The van der Waals surface area contributed by atoms with Gasteiger partial charge in [-0.2, -0.15) is 0 Å². The Morgan fingerprint density at radius 3 is 2.50 bits per heavy atom. The molecule has 0 saturated carbocycles. The number of carbonyl (C=O) groups is 2. The highest BCUT2D eigenvalue weighted by molar-refractivity contribution is 7.17. The summed E-state index contributed by atoms with van der Waals surface area (Å²) in [5.74, 6) is -1.31. The van der Waals surface area contributed by atoms with Gasteiger partial charge in [0.2, 0.25) is 0 Å². The van der Waals surface area contributed by atoms with Crippen LogP contribution in [-0.2, 0) is 4.79 Å². The van der Waals surface area contributed by atoms with Gasteiger partial charge < -0.3 is 10.0 Å². The molecule has 6 heteroatoms. The van der Waals surface area contributed by atoms with E-state index in [4.69, 9.17) is 5.11 Å². The lowest BCUT2D eigenvalue weighted by Crippen LogP contribution is -2.29. The number of thiophene rings is 1. The van der Waals surface area contributed by atoms with Gasteiger partial charge in [0.15, 0.2) is 0 Å². The van der Waals surface area contributed by atoms with Crippen molar-refractivity contribution in [1.29, 1.82) is 0 Å². The van der Waals surface area contributed by atoms with Crippen LogP contribution >= 0.6 is 23.7 Å². The third kappa shape index (κ3) is 3.31. The summed E-state index contributed by atoms with van der Waals surface area (Å²) in [6, 6.07) is 13.7. The summed E-state index contributed by atoms with van der Waals surface area (Å²) in [6.07, 6.45) is 0.540. The molecule has 0 spiro atoms. The van der Waals surface area contributed by atoms with Crippen LogP contribution in [0.3, 0.4) is 0 Å². The Balaban J connectivity index is 0.00000176. The summed E-state index contributed by atoms with van der Waals surface area (Å²) >= 11 is 1.45. The number of likely N-dealkylation sites (tertiary alicyclic amines) is 1. The minimum Gasteiger partial charge on any atom is -0.481 e. The zero-order chi connectivity index (χ0) is 14.8. The zero-order valence-electron chi connectivity index (χ0n) is 11.8. The molecule has 0 bridgehead atoms. The fraction of sp³-hybridized carbons (Fsp3) is 0.250. The third-order valence-corrected chi connectivity index (χ3v) is 4.82. The van der Waals surface area contributed by atoms with Crippen LogP contribution in [0.4, 0.5) is 0 Å². The summed E-state index contributed by atoms with van der Waals surface area (Å²) in [5.41, 5.74) is 1.09. The van der Waals surface area contributed by atoms with Gasteiger partial charge in [0.25, 0.3) is 5.91 Å². The monoisotopic (exact) mass is 337 g/mol. The highest BCUT2D eigenvalue weighted by Crippen LogP contribution is 2.29. The highest BCUT2D eigenvalue weighted by atomic mass is 35.5. The molecular weight excluding hydrogens is 322 g/mol. The molecule has 2 heterocycles. The van der Waals surface area contributed by atoms with E-state index in [1.54, 1.807) is 4.90 Å². The summed E-state index contributed by atoms with van der Waals surface area (Å²) in [4.78, 5) is 26.7. The van der Waals surface area contributed by atoms with E-state index in [0.717, 1.165) is 10.4 Å². The van der Waals surface area contributed by atoms with Crippen molar-refractivity contribution in [3.05, 3.63) is 47.3 Å². The lowest BCUT2D eigenvalue weighted by molar-refractivity contribution is -0.141. The Hall–Kier alpha value is -1.85. The number of carbonyl (C=O) groups excluding carboxylic acids is 1. The number of carboxylic acid groups (broad SMARTS) is 1. The second-order valence-corrected chi connectivity index (χ2v) is 6.19. The second kappa shape index (κ2) is 6.94. The normalized spacial score (nSPS) is 17.1. The van der Waals surface area contributed by atoms with Gasteiger partial charge in [-0.25, -0.2) is 0 Å². The highest BCUT2D eigenvalue weighted by Gasteiger charge is 2.31. The molecule has 1 aliphatic rings. The molecule has 2 aromatic rings. The lowest BCUT2D eigenvalue weighted by Gasteiger charge is -2.14. The SMILES string of the molecule is Cl.O=C(O)C1CCN(C(=O)c2ccc(-c3ccccc3)s2)C1. The molecule has 116 valence electrons. The Labute approximate surface area is 138 Å². The standard InChI is InChI=1S/C16H15NO3S.ClH/c18-15(17-9-8-12(10-17)16(19)20)14-7-6-13(21-14)11-4-2-1-3-5-11;/h1-7,12H,8-10H2,(H,19,20);1H. The van der Waals surface area contributed by atoms with Gasteiger partial charge in [-0.3, -0.25) is 9.59 Å². The van der Waals surface area contributed by atoms with Gasteiger partial charge in [-0.1, -0.05) is 30.3 Å². The average molecular weight is 338 g/mol. The molecule has 1 N–H and O–H groups in total. The lowest BCUT2D eigenvalue weighted by atomic mass is 10.1. The van der Waals surface area contributed by atoms with Crippen molar-refractivity contribution in [2.24, 2.45) is 5.92 Å². The van der Waals surface area contributed by atoms with Gasteiger partial charge in [0.1, 0.15) is 0 Å². The van der Waals surface area contributed by atoms with Gasteiger partial charge >= 0.3 is 5.97 Å². The third-order valence-electron chi connectivity index (χ3n) is 3.70. The Kier molecular flexibility index (Phi) is 5.21. The maximum absolute atomic E-state index is 12.4. The van der Waals surface area contributed by atoms with Crippen LogP contribution in [0.1, 0.15) is 16.1 Å². The van der Waals surface area contributed by atoms with E-state index in [-0.39, 0.29) is 18.3 Å². The largest absolute Gasteiger partial charge is 0.481 e. The van der Waals surface area contributed by atoms with Gasteiger partial charge in [-0.05, 0) is 24.1 Å². The fourth-order valence-electron chi connectivity index (χ4n) is 2.51. The number of amides is 1. The Morgan fingerprint density at radius 1 is 1.14 bits per heavy atom. The van der Waals surface area contributed by atoms with Crippen LogP contribution in [0.2, 0.25) is 0 Å². The number of rotatable bonds is 3. The van der Waals surface area contributed by atoms with Crippen LogP contribution < -0.4 is 0 Å². The van der Waals surface area contributed by atoms with Crippen LogP contribution in [0.25, 0.3) is 10.4 Å². The molecular formula is C16H16ClNO3S. The van der Waals surface area contributed by atoms with E-state index in [2.05, 4.69) is 0 Å². The van der Waals surface area contributed by atoms with Crippen LogP contribution in [0.5, 0.6) is 0 Å². The molecule has 1 aliphatic heterocycles. The van der Waals surface area contributed by atoms with Crippen molar-refractivity contribution in [2.45, 2.75) is 6.42 Å². The van der Waals surface area contributed by atoms with E-state index >= 15 is 0 Å². The number of hydrogen-bond donors (Lipinski definition) is 1. The summed E-state index contributed by atoms with van der Waals surface area (Å²) in [7, 11) is 0. The number of halogens is 1. The molecule has 4 nitrogen and oxygen atoms in total. The first kappa shape index (κ1) is 16.5. The molecule has 0 radical (unpaired) electrons. The molecule has 22 heavy (non-hydrogen) atoms. The van der Waals surface area contributed by atoms with Crippen LogP contribution in [0, 0.1) is 5.92 Å². The first-order valence-corrected chi connectivity index (χ1v) is 7.64. The molecule has 1 aromatic carbocycles. The van der Waals surface area contributed by atoms with Crippen molar-refractivity contribution >= 4 is 35.6 Å². The van der Waals surface area contributed by atoms with Crippen molar-refractivity contribution in [3.8, 4) is 10.4 Å².